The highest BCUT2D eigenvalue weighted by atomic mass is 19.4. The number of hydrogen-bond donors (Lipinski definition) is 2. The Balaban J connectivity index is 2.29. The SMILES string of the molecule is NC(=O)c1cn[nH]c1Cc1ccccc1OC(F)(F)F. The van der Waals surface area contributed by atoms with Gasteiger partial charge in [0.2, 0.25) is 0 Å². The first-order valence-corrected chi connectivity index (χ1v) is 5.52. The van der Waals surface area contributed by atoms with Crippen LogP contribution in [0.25, 0.3) is 0 Å². The quantitative estimate of drug-likeness (QED) is 0.901. The summed E-state index contributed by atoms with van der Waals surface area (Å²) in [7, 11) is 0. The van der Waals surface area contributed by atoms with Crippen LogP contribution in [0.4, 0.5) is 13.2 Å². The van der Waals surface area contributed by atoms with E-state index in [1.54, 1.807) is 6.07 Å². The predicted octanol–water partition coefficient (Wildman–Crippen LogP) is 2.00. The molecular formula is C12H10F3N3O2. The van der Waals surface area contributed by atoms with Crippen molar-refractivity contribution in [3.05, 3.63) is 47.3 Å². The third-order valence-corrected chi connectivity index (χ3v) is 2.55. The number of nitrogens with zero attached hydrogens (tertiary/aromatic N) is 1. The molecule has 0 aliphatic heterocycles. The average molecular weight is 285 g/mol. The van der Waals surface area contributed by atoms with Crippen LogP contribution in [-0.4, -0.2) is 22.5 Å². The second-order valence-electron chi connectivity index (χ2n) is 3.96. The lowest BCUT2D eigenvalue weighted by Gasteiger charge is -2.12. The van der Waals surface area contributed by atoms with Gasteiger partial charge in [-0.15, -0.1) is 13.2 Å². The number of primary amides is 1. The molecule has 2 rings (SSSR count). The maximum atomic E-state index is 12.3. The number of nitrogens with one attached hydrogen (secondary N) is 1. The molecule has 0 saturated heterocycles. The van der Waals surface area contributed by atoms with Gasteiger partial charge >= 0.3 is 6.36 Å². The van der Waals surface area contributed by atoms with Gasteiger partial charge in [0.1, 0.15) is 5.75 Å². The summed E-state index contributed by atoms with van der Waals surface area (Å²) in [6.45, 7) is 0. The van der Waals surface area contributed by atoms with Crippen molar-refractivity contribution in [3.8, 4) is 5.75 Å². The van der Waals surface area contributed by atoms with Crippen LogP contribution in [0.2, 0.25) is 0 Å². The summed E-state index contributed by atoms with van der Waals surface area (Å²) in [4.78, 5) is 11.1. The molecule has 0 atom stereocenters. The van der Waals surface area contributed by atoms with Crippen molar-refractivity contribution >= 4 is 5.91 Å². The lowest BCUT2D eigenvalue weighted by molar-refractivity contribution is -0.274. The molecule has 1 aromatic carbocycles. The Morgan fingerprint density at radius 3 is 2.70 bits per heavy atom. The highest BCUT2D eigenvalue weighted by Crippen LogP contribution is 2.28. The van der Waals surface area contributed by atoms with Crippen LogP contribution in [-0.2, 0) is 6.42 Å². The molecule has 0 saturated carbocycles. The Labute approximate surface area is 111 Å². The second-order valence-corrected chi connectivity index (χ2v) is 3.96. The standard InChI is InChI=1S/C12H10F3N3O2/c13-12(14,15)20-10-4-2-1-3-7(10)5-9-8(11(16)19)6-17-18-9/h1-4,6H,5H2,(H2,16,19)(H,17,18). The molecule has 0 aliphatic rings. The minimum atomic E-state index is -4.78. The number of aromatic amines is 1. The maximum Gasteiger partial charge on any atom is 0.573 e. The number of aromatic nitrogens is 2. The van der Waals surface area contributed by atoms with Gasteiger partial charge in [-0.3, -0.25) is 9.89 Å². The first-order valence-electron chi connectivity index (χ1n) is 5.52. The Morgan fingerprint density at radius 1 is 1.35 bits per heavy atom. The zero-order chi connectivity index (χ0) is 14.8. The van der Waals surface area contributed by atoms with Crippen molar-refractivity contribution in [3.63, 3.8) is 0 Å². The lowest BCUT2D eigenvalue weighted by atomic mass is 10.1. The number of benzene rings is 1. The molecule has 2 aromatic rings. The molecule has 8 heteroatoms. The predicted molar refractivity (Wildman–Crippen MR) is 63.0 cm³/mol. The van der Waals surface area contributed by atoms with E-state index in [2.05, 4.69) is 14.9 Å². The number of H-pyrrole nitrogens is 1. The molecule has 3 N–H and O–H groups in total. The third-order valence-electron chi connectivity index (χ3n) is 2.55. The molecule has 0 bridgehead atoms. The minimum Gasteiger partial charge on any atom is -0.405 e. The summed E-state index contributed by atoms with van der Waals surface area (Å²) in [5.74, 6) is -1.03. The largest absolute Gasteiger partial charge is 0.573 e. The number of ether oxygens (including phenoxy) is 1. The van der Waals surface area contributed by atoms with E-state index in [1.165, 1.54) is 24.4 Å². The van der Waals surface area contributed by atoms with Gasteiger partial charge in [0.05, 0.1) is 17.5 Å². The van der Waals surface area contributed by atoms with Gasteiger partial charge in [0.25, 0.3) is 5.91 Å². The van der Waals surface area contributed by atoms with Gasteiger partial charge in [-0.2, -0.15) is 5.10 Å². The first kappa shape index (κ1) is 13.9. The fourth-order valence-corrected chi connectivity index (χ4v) is 1.72. The fourth-order valence-electron chi connectivity index (χ4n) is 1.72. The summed E-state index contributed by atoms with van der Waals surface area (Å²) in [6, 6.07) is 5.65. The van der Waals surface area contributed by atoms with E-state index < -0.39 is 12.3 Å². The highest BCUT2D eigenvalue weighted by molar-refractivity contribution is 5.93. The Kier molecular flexibility index (Phi) is 3.64. The van der Waals surface area contributed by atoms with Crippen LogP contribution in [0.15, 0.2) is 30.5 Å². The smallest absolute Gasteiger partial charge is 0.405 e. The van der Waals surface area contributed by atoms with Crippen LogP contribution in [0.5, 0.6) is 5.75 Å². The van der Waals surface area contributed by atoms with Crippen molar-refractivity contribution in [2.75, 3.05) is 0 Å². The van der Waals surface area contributed by atoms with Crippen molar-refractivity contribution in [1.29, 1.82) is 0 Å². The molecule has 0 aliphatic carbocycles. The van der Waals surface area contributed by atoms with Gasteiger partial charge in [-0.1, -0.05) is 18.2 Å². The van der Waals surface area contributed by atoms with Crippen LogP contribution < -0.4 is 10.5 Å². The van der Waals surface area contributed by atoms with Crippen molar-refractivity contribution in [2.45, 2.75) is 12.8 Å². The van der Waals surface area contributed by atoms with E-state index >= 15 is 0 Å². The minimum absolute atomic E-state index is 0.0184. The number of halogens is 3. The second kappa shape index (κ2) is 5.24. The number of alkyl halides is 3. The number of amides is 1. The van der Waals surface area contributed by atoms with E-state index in [-0.39, 0.29) is 23.3 Å². The van der Waals surface area contributed by atoms with Crippen molar-refractivity contribution < 1.29 is 22.7 Å². The number of hydrogen-bond acceptors (Lipinski definition) is 3. The van der Waals surface area contributed by atoms with E-state index in [0.717, 1.165) is 0 Å². The maximum absolute atomic E-state index is 12.3. The van der Waals surface area contributed by atoms with Crippen LogP contribution in [0.1, 0.15) is 21.6 Å². The van der Waals surface area contributed by atoms with E-state index in [0.29, 0.717) is 5.69 Å². The monoisotopic (exact) mass is 285 g/mol. The van der Waals surface area contributed by atoms with E-state index in [9.17, 15) is 18.0 Å². The highest BCUT2D eigenvalue weighted by Gasteiger charge is 2.32. The molecule has 0 fully saturated rings. The third kappa shape index (κ3) is 3.28. The number of nitrogens with two attached hydrogens (primary N) is 1. The average Bonchev–Trinajstić information content (AvgIpc) is 2.78. The molecule has 5 nitrogen and oxygen atoms in total. The normalized spacial score (nSPS) is 11.3. The lowest BCUT2D eigenvalue weighted by Crippen LogP contribution is -2.18. The van der Waals surface area contributed by atoms with Gasteiger partial charge in [-0.05, 0) is 6.07 Å². The van der Waals surface area contributed by atoms with Gasteiger partial charge in [0.15, 0.2) is 0 Å². The Hall–Kier alpha value is -2.51. The number of rotatable bonds is 4. The topological polar surface area (TPSA) is 81.0 Å². The molecule has 0 radical (unpaired) electrons. The molecule has 20 heavy (non-hydrogen) atoms. The van der Waals surface area contributed by atoms with Crippen LogP contribution in [0.3, 0.4) is 0 Å². The zero-order valence-corrected chi connectivity index (χ0v) is 10.1. The summed E-state index contributed by atoms with van der Waals surface area (Å²) >= 11 is 0. The number of carbonyl (C=O) groups excluding carboxylic acids is 1. The van der Waals surface area contributed by atoms with E-state index in [1.807, 2.05) is 0 Å². The molecule has 1 heterocycles. The number of carbonyl (C=O) groups is 1. The van der Waals surface area contributed by atoms with Gasteiger partial charge < -0.3 is 10.5 Å². The summed E-state index contributed by atoms with van der Waals surface area (Å²) < 4.78 is 40.8. The molecule has 106 valence electrons. The first-order chi connectivity index (χ1) is 9.37. The molecule has 0 spiro atoms. The van der Waals surface area contributed by atoms with Crippen molar-refractivity contribution in [1.82, 2.24) is 10.2 Å². The molecular weight excluding hydrogens is 275 g/mol. The number of para-hydroxylation sites is 1. The Bertz CT molecular complexity index is 622. The van der Waals surface area contributed by atoms with Crippen LogP contribution >= 0.6 is 0 Å². The summed E-state index contributed by atoms with van der Waals surface area (Å²) in [6.07, 6.45) is -3.54. The molecule has 1 aromatic heterocycles. The van der Waals surface area contributed by atoms with Crippen molar-refractivity contribution in [2.24, 2.45) is 5.73 Å². The summed E-state index contributed by atoms with van der Waals surface area (Å²) in [5.41, 5.74) is 5.86. The Morgan fingerprint density at radius 2 is 2.05 bits per heavy atom. The summed E-state index contributed by atoms with van der Waals surface area (Å²) in [5, 5.41) is 6.19. The fraction of sp³-hybridized carbons (Fsp3) is 0.167. The molecule has 0 unspecified atom stereocenters. The zero-order valence-electron chi connectivity index (χ0n) is 10.1. The molecule has 1 amide bonds. The van der Waals surface area contributed by atoms with Crippen LogP contribution in [0, 0.1) is 0 Å². The van der Waals surface area contributed by atoms with Gasteiger partial charge in [-0.25, -0.2) is 0 Å². The van der Waals surface area contributed by atoms with Gasteiger partial charge in [0, 0.05) is 12.0 Å². The van der Waals surface area contributed by atoms with E-state index in [4.69, 9.17) is 5.73 Å².